The topological polar surface area (TPSA) is 185 Å². The second-order valence-electron chi connectivity index (χ2n) is 9.66. The van der Waals surface area contributed by atoms with Gasteiger partial charge in [0.2, 0.25) is 5.95 Å². The number of carbonyl (C=O) groups excluding carboxylic acids is 1. The third-order valence-corrected chi connectivity index (χ3v) is 7.78. The van der Waals surface area contributed by atoms with Gasteiger partial charge < -0.3 is 30.2 Å². The molecule has 0 bridgehead atoms. The minimum atomic E-state index is -4.95. The lowest BCUT2D eigenvalue weighted by atomic mass is 9.99. The minimum Gasteiger partial charge on any atom is -0.462 e. The van der Waals surface area contributed by atoms with Crippen molar-refractivity contribution < 1.29 is 46.2 Å². The Morgan fingerprint density at radius 3 is 2.55 bits per heavy atom. The molecule has 2 aromatic heterocycles. The van der Waals surface area contributed by atoms with Crippen LogP contribution in [0.5, 0.6) is 5.75 Å². The molecule has 230 valence electrons. The highest BCUT2D eigenvalue weighted by Gasteiger charge is 2.58. The van der Waals surface area contributed by atoms with Gasteiger partial charge in [0.15, 0.2) is 23.2 Å². The number of para-hydroxylation sites is 1. The number of benzene rings is 1. The van der Waals surface area contributed by atoms with Crippen molar-refractivity contribution in [2.45, 2.75) is 57.5 Å². The van der Waals surface area contributed by atoms with Gasteiger partial charge in [-0.15, -0.1) is 0 Å². The molecule has 1 aromatic carbocycles. The van der Waals surface area contributed by atoms with E-state index in [4.69, 9.17) is 24.3 Å². The fourth-order valence-electron chi connectivity index (χ4n) is 4.28. The third-order valence-electron chi connectivity index (χ3n) is 6.13. The molecule has 0 radical (unpaired) electrons. The lowest BCUT2D eigenvalue weighted by Crippen LogP contribution is -2.40. The summed E-state index contributed by atoms with van der Waals surface area (Å²) < 4.78 is 79.2. The van der Waals surface area contributed by atoms with E-state index >= 15 is 0 Å². The number of ether oxygens (including phenoxy) is 2. The van der Waals surface area contributed by atoms with Crippen molar-refractivity contribution >= 4 is 36.6 Å². The molecule has 1 fully saturated rings. The fourth-order valence-corrected chi connectivity index (χ4v) is 5.78. The van der Waals surface area contributed by atoms with Crippen molar-refractivity contribution in [2.75, 3.05) is 24.7 Å². The van der Waals surface area contributed by atoms with Gasteiger partial charge in [-0.05, 0) is 32.9 Å². The van der Waals surface area contributed by atoms with Crippen molar-refractivity contribution in [1.82, 2.24) is 24.6 Å². The Balaban J connectivity index is 1.61. The zero-order valence-corrected chi connectivity index (χ0v) is 23.9. The van der Waals surface area contributed by atoms with Crippen molar-refractivity contribution in [1.29, 1.82) is 0 Å². The van der Waals surface area contributed by atoms with E-state index in [1.807, 2.05) is 0 Å². The molecule has 1 saturated heterocycles. The van der Waals surface area contributed by atoms with Crippen LogP contribution in [-0.4, -0.2) is 74.8 Å². The molecule has 0 unspecified atom stereocenters. The predicted octanol–water partition coefficient (Wildman–Crippen LogP) is 3.02. The largest absolute Gasteiger partial charge is 0.462 e. The maximum absolute atomic E-state index is 14.3. The maximum atomic E-state index is 14.3. The number of halogens is 3. The Bertz CT molecular complexity index is 1440. The van der Waals surface area contributed by atoms with Gasteiger partial charge in [0.1, 0.15) is 23.8 Å². The summed E-state index contributed by atoms with van der Waals surface area (Å²) in [5.74, 6) is -3.20. The number of aromatic nitrogens is 4. The van der Waals surface area contributed by atoms with Crippen LogP contribution in [0.15, 0.2) is 36.7 Å². The number of hydrogen-bond acceptors (Lipinski definition) is 12. The number of aliphatic hydroxyl groups is 1. The number of hydrogen-bond donors (Lipinski definition) is 4. The zero-order valence-electron chi connectivity index (χ0n) is 23.0. The molecule has 18 heteroatoms. The molecule has 1 aliphatic heterocycles. The molecular formula is C24H31F3N7O7P. The summed E-state index contributed by atoms with van der Waals surface area (Å²) in [5, 5.41) is 16.0. The van der Waals surface area contributed by atoms with Gasteiger partial charge in [0.25, 0.3) is 0 Å². The van der Waals surface area contributed by atoms with Crippen LogP contribution in [0.4, 0.5) is 24.9 Å². The number of fused-ring (bicyclic) bond motifs is 1. The number of nitrogens with zero attached hydrogens (tertiary/aromatic N) is 4. The number of nitrogen functional groups attached to an aromatic ring is 1. The Labute approximate surface area is 238 Å². The molecule has 6 atom stereocenters. The number of rotatable bonds is 11. The highest BCUT2D eigenvalue weighted by molar-refractivity contribution is 7.52. The van der Waals surface area contributed by atoms with Crippen molar-refractivity contribution in [3.05, 3.63) is 36.7 Å². The van der Waals surface area contributed by atoms with E-state index in [-0.39, 0.29) is 28.7 Å². The number of alkyl halides is 3. The first-order valence-electron chi connectivity index (χ1n) is 12.8. The van der Waals surface area contributed by atoms with Crippen molar-refractivity contribution in [2.24, 2.45) is 5.92 Å². The molecule has 4 rings (SSSR count). The van der Waals surface area contributed by atoms with E-state index in [0.29, 0.717) is 0 Å². The van der Waals surface area contributed by atoms with Gasteiger partial charge in [0.05, 0.1) is 25.1 Å². The Morgan fingerprint density at radius 1 is 1.24 bits per heavy atom. The highest BCUT2D eigenvalue weighted by atomic mass is 31.2. The molecule has 3 heterocycles. The molecule has 0 aliphatic carbocycles. The van der Waals surface area contributed by atoms with Crippen LogP contribution in [0.25, 0.3) is 11.2 Å². The number of anilines is 2. The van der Waals surface area contributed by atoms with Crippen LogP contribution < -0.4 is 20.7 Å². The SMILES string of the molecule is CNc1nc(N)nc2c1ncn2[C@@H]1O[C@H](CO[P@@](=O)(N[C@H](C)C(=O)OC(C)C)Oc2ccccc2)[C@@H](O)[C@@H]1C(F)(F)F. The minimum absolute atomic E-state index is 0.0721. The lowest BCUT2D eigenvalue weighted by molar-refractivity contribution is -0.210. The number of esters is 1. The average Bonchev–Trinajstić information content (AvgIpc) is 3.47. The summed E-state index contributed by atoms with van der Waals surface area (Å²) in [6, 6.07) is 6.57. The summed E-state index contributed by atoms with van der Waals surface area (Å²) in [6.07, 6.45) is -10.0. The Kier molecular flexibility index (Phi) is 9.27. The fraction of sp³-hybridized carbons (Fsp3) is 0.500. The number of nitrogens with two attached hydrogens (primary N) is 1. The summed E-state index contributed by atoms with van der Waals surface area (Å²) >= 11 is 0. The van der Waals surface area contributed by atoms with Crippen LogP contribution >= 0.6 is 7.75 Å². The molecule has 1 aliphatic rings. The standard InChI is InChI=1S/C24H31F3N7O7P/c1-12(2)39-22(36)13(3)33-42(37,41-14-8-6-5-7-9-14)38-10-15-18(35)16(24(25,26)27)21(40-15)34-11-30-17-19(29-4)31-23(28)32-20(17)34/h5-9,11-13,15-16,18,21,35H,10H2,1-4H3,(H,33,37)(H3,28,29,31,32)/t13-,15-,16+,18-,21-,42+/m1/s1. The van der Waals surface area contributed by atoms with Gasteiger partial charge in [-0.25, -0.2) is 9.55 Å². The smallest absolute Gasteiger partial charge is 0.459 e. The molecule has 3 aromatic rings. The van der Waals surface area contributed by atoms with Crippen molar-refractivity contribution in [3.8, 4) is 5.75 Å². The first kappa shape index (κ1) is 31.4. The van der Waals surface area contributed by atoms with Crippen LogP contribution in [-0.2, 0) is 23.4 Å². The summed E-state index contributed by atoms with van der Waals surface area (Å²) in [6.45, 7) is 3.77. The second-order valence-corrected chi connectivity index (χ2v) is 11.4. The molecule has 0 spiro atoms. The lowest BCUT2D eigenvalue weighted by Gasteiger charge is -2.25. The van der Waals surface area contributed by atoms with Gasteiger partial charge in [-0.1, -0.05) is 18.2 Å². The van der Waals surface area contributed by atoms with E-state index < -0.39 is 63.0 Å². The zero-order chi connectivity index (χ0) is 30.8. The summed E-state index contributed by atoms with van der Waals surface area (Å²) in [5.41, 5.74) is 5.78. The molecule has 42 heavy (non-hydrogen) atoms. The Morgan fingerprint density at radius 2 is 1.93 bits per heavy atom. The predicted molar refractivity (Wildman–Crippen MR) is 143 cm³/mol. The summed E-state index contributed by atoms with van der Waals surface area (Å²) in [7, 11) is -2.94. The molecule has 0 amide bonds. The third kappa shape index (κ3) is 6.93. The van der Waals surface area contributed by atoms with E-state index in [0.717, 1.165) is 10.9 Å². The van der Waals surface area contributed by atoms with Gasteiger partial charge in [-0.3, -0.25) is 13.9 Å². The number of carbonyl (C=O) groups is 1. The summed E-state index contributed by atoms with van der Waals surface area (Å²) in [4.78, 5) is 24.4. The van der Waals surface area contributed by atoms with Gasteiger partial charge >= 0.3 is 19.9 Å². The van der Waals surface area contributed by atoms with Crippen LogP contribution in [0.3, 0.4) is 0 Å². The van der Waals surface area contributed by atoms with Crippen LogP contribution in [0, 0.1) is 5.92 Å². The number of imidazole rings is 1. The normalized spacial score (nSPS) is 23.1. The van der Waals surface area contributed by atoms with E-state index in [2.05, 4.69) is 25.4 Å². The average molecular weight is 618 g/mol. The van der Waals surface area contributed by atoms with E-state index in [1.54, 1.807) is 32.0 Å². The first-order chi connectivity index (χ1) is 19.7. The maximum Gasteiger partial charge on any atom is 0.459 e. The van der Waals surface area contributed by atoms with Crippen LogP contribution in [0.1, 0.15) is 27.0 Å². The molecular weight excluding hydrogens is 586 g/mol. The second kappa shape index (κ2) is 12.4. The Hall–Kier alpha value is -3.50. The van der Waals surface area contributed by atoms with E-state index in [1.165, 1.54) is 26.1 Å². The molecule has 5 N–H and O–H groups in total. The first-order valence-corrected chi connectivity index (χ1v) is 14.3. The van der Waals surface area contributed by atoms with Crippen molar-refractivity contribution in [3.63, 3.8) is 0 Å². The van der Waals surface area contributed by atoms with Gasteiger partial charge in [-0.2, -0.15) is 28.2 Å². The number of nitrogens with one attached hydrogen (secondary N) is 2. The van der Waals surface area contributed by atoms with E-state index in [9.17, 15) is 27.6 Å². The van der Waals surface area contributed by atoms with Gasteiger partial charge in [0, 0.05) is 7.05 Å². The van der Waals surface area contributed by atoms with Crippen LogP contribution in [0.2, 0.25) is 0 Å². The highest BCUT2D eigenvalue weighted by Crippen LogP contribution is 2.49. The molecule has 14 nitrogen and oxygen atoms in total. The quantitative estimate of drug-likeness (QED) is 0.182. The molecule has 0 saturated carbocycles. The monoisotopic (exact) mass is 617 g/mol. The number of aliphatic hydroxyl groups excluding tert-OH is 1.